The van der Waals surface area contributed by atoms with E-state index in [2.05, 4.69) is 46.9 Å². The number of hydrogen-bond donors (Lipinski definition) is 1. The topological polar surface area (TPSA) is 47.9 Å². The van der Waals surface area contributed by atoms with Crippen LogP contribution in [0, 0.1) is 11.8 Å². The molecule has 5 heteroatoms. The Bertz CT molecular complexity index is 697. The van der Waals surface area contributed by atoms with Gasteiger partial charge in [0.25, 0.3) is 0 Å². The van der Waals surface area contributed by atoms with E-state index in [-0.39, 0.29) is 17.2 Å². The SMILES string of the molecule is CCC1(O)C[C@H]2CC(OC(CO[Si](C)(C)C(C)(C)C)c3ccccc3OC)C[C@H]2C1. The molecule has 0 aliphatic heterocycles. The molecule has 2 aliphatic carbocycles. The number of benzene rings is 1. The third kappa shape index (κ3) is 5.12. The van der Waals surface area contributed by atoms with Crippen LogP contribution in [0.25, 0.3) is 0 Å². The maximum Gasteiger partial charge on any atom is 0.192 e. The summed E-state index contributed by atoms with van der Waals surface area (Å²) in [6.07, 6.45) is 4.87. The van der Waals surface area contributed by atoms with Gasteiger partial charge in [-0.15, -0.1) is 0 Å². The first-order valence-electron chi connectivity index (χ1n) is 11.6. The third-order valence-corrected chi connectivity index (χ3v) is 12.5. The number of para-hydroxylation sites is 1. The van der Waals surface area contributed by atoms with Gasteiger partial charge in [0.15, 0.2) is 8.32 Å². The van der Waals surface area contributed by atoms with Crippen molar-refractivity contribution in [1.29, 1.82) is 0 Å². The lowest BCUT2D eigenvalue weighted by Crippen LogP contribution is -2.42. The van der Waals surface area contributed by atoms with Crippen LogP contribution in [0.5, 0.6) is 5.75 Å². The molecule has 0 radical (unpaired) electrons. The van der Waals surface area contributed by atoms with E-state index in [0.29, 0.717) is 18.4 Å². The molecule has 2 aliphatic rings. The van der Waals surface area contributed by atoms with Crippen LogP contribution >= 0.6 is 0 Å². The monoisotopic (exact) mass is 434 g/mol. The van der Waals surface area contributed by atoms with E-state index in [0.717, 1.165) is 43.4 Å². The summed E-state index contributed by atoms with van der Waals surface area (Å²) in [5.74, 6) is 2.03. The van der Waals surface area contributed by atoms with Gasteiger partial charge < -0.3 is 19.0 Å². The number of aliphatic hydroxyl groups is 1. The zero-order valence-electron chi connectivity index (χ0n) is 20.0. The second kappa shape index (κ2) is 8.93. The Hall–Kier alpha value is -0.883. The van der Waals surface area contributed by atoms with Crippen LogP contribution < -0.4 is 4.74 Å². The van der Waals surface area contributed by atoms with E-state index in [1.807, 2.05) is 18.2 Å². The molecular weight excluding hydrogens is 392 g/mol. The summed E-state index contributed by atoms with van der Waals surface area (Å²) in [7, 11) is -0.166. The molecular formula is C25H42O4Si. The first-order valence-corrected chi connectivity index (χ1v) is 14.5. The summed E-state index contributed by atoms with van der Waals surface area (Å²) in [6.45, 7) is 14.0. The van der Waals surface area contributed by atoms with Gasteiger partial charge in [-0.2, -0.15) is 0 Å². The highest BCUT2D eigenvalue weighted by Gasteiger charge is 2.48. The van der Waals surface area contributed by atoms with Crippen molar-refractivity contribution in [2.75, 3.05) is 13.7 Å². The lowest BCUT2D eigenvalue weighted by atomic mass is 9.95. The van der Waals surface area contributed by atoms with Crippen molar-refractivity contribution in [2.45, 2.75) is 95.7 Å². The minimum Gasteiger partial charge on any atom is -0.496 e. The highest BCUT2D eigenvalue weighted by Crippen LogP contribution is 2.51. The fraction of sp³-hybridized carbons (Fsp3) is 0.760. The predicted molar refractivity (Wildman–Crippen MR) is 124 cm³/mol. The third-order valence-electron chi connectivity index (χ3n) is 7.98. The van der Waals surface area contributed by atoms with Crippen LogP contribution in [0.3, 0.4) is 0 Å². The molecule has 2 fully saturated rings. The lowest BCUT2D eigenvalue weighted by molar-refractivity contribution is -0.0447. The molecule has 1 N–H and O–H groups in total. The number of fused-ring (bicyclic) bond motifs is 1. The highest BCUT2D eigenvalue weighted by molar-refractivity contribution is 6.74. The van der Waals surface area contributed by atoms with Crippen molar-refractivity contribution in [3.05, 3.63) is 29.8 Å². The smallest absolute Gasteiger partial charge is 0.192 e. The standard InChI is InChI=1S/C25H42O4Si/c1-8-25(26)15-18-13-20(14-19(18)16-25)29-23(17-28-30(6,7)24(2,3)4)21-11-9-10-12-22(21)27-5/h9-12,18-20,23,26H,8,13-17H2,1-7H3/t18-,19+,20?,23?,25?. The Labute approximate surface area is 184 Å². The number of hydrogen-bond acceptors (Lipinski definition) is 4. The van der Waals surface area contributed by atoms with E-state index >= 15 is 0 Å². The van der Waals surface area contributed by atoms with Crippen LogP contribution in [0.2, 0.25) is 18.1 Å². The quantitative estimate of drug-likeness (QED) is 0.502. The van der Waals surface area contributed by atoms with Gasteiger partial charge in [-0.3, -0.25) is 0 Å². The molecule has 30 heavy (non-hydrogen) atoms. The molecule has 3 unspecified atom stereocenters. The molecule has 2 saturated carbocycles. The zero-order chi connectivity index (χ0) is 22.2. The molecule has 0 saturated heterocycles. The van der Waals surface area contributed by atoms with Crippen molar-refractivity contribution in [3.8, 4) is 5.75 Å². The summed E-state index contributed by atoms with van der Waals surface area (Å²) in [6, 6.07) is 8.15. The highest BCUT2D eigenvalue weighted by atomic mass is 28.4. The number of ether oxygens (including phenoxy) is 2. The van der Waals surface area contributed by atoms with Crippen LogP contribution in [-0.4, -0.2) is 38.8 Å². The molecule has 5 atom stereocenters. The first-order chi connectivity index (χ1) is 14.0. The van der Waals surface area contributed by atoms with Gasteiger partial charge >= 0.3 is 0 Å². The average Bonchev–Trinajstić information content (AvgIpc) is 3.18. The molecule has 0 bridgehead atoms. The van der Waals surface area contributed by atoms with Gasteiger partial charge in [-0.05, 0) is 68.1 Å². The van der Waals surface area contributed by atoms with E-state index in [4.69, 9.17) is 13.9 Å². The number of rotatable bonds is 8. The van der Waals surface area contributed by atoms with Crippen molar-refractivity contribution in [1.82, 2.24) is 0 Å². The number of methoxy groups -OCH3 is 1. The maximum absolute atomic E-state index is 10.7. The van der Waals surface area contributed by atoms with Gasteiger partial charge in [0.2, 0.25) is 0 Å². The Morgan fingerprint density at radius 2 is 1.73 bits per heavy atom. The second-order valence-corrected chi connectivity index (χ2v) is 15.8. The van der Waals surface area contributed by atoms with Crippen molar-refractivity contribution in [3.63, 3.8) is 0 Å². The van der Waals surface area contributed by atoms with Crippen molar-refractivity contribution >= 4 is 8.32 Å². The van der Waals surface area contributed by atoms with Crippen LogP contribution in [0.1, 0.15) is 71.5 Å². The van der Waals surface area contributed by atoms with Crippen LogP contribution in [-0.2, 0) is 9.16 Å². The Kier molecular flexibility index (Phi) is 7.08. The summed E-state index contributed by atoms with van der Waals surface area (Å²) < 4.78 is 19.0. The molecule has 3 rings (SSSR count). The van der Waals surface area contributed by atoms with Crippen LogP contribution in [0.4, 0.5) is 0 Å². The lowest BCUT2D eigenvalue weighted by Gasteiger charge is -2.37. The summed E-state index contributed by atoms with van der Waals surface area (Å²) in [5.41, 5.74) is 0.620. The minimum absolute atomic E-state index is 0.135. The fourth-order valence-electron chi connectivity index (χ4n) is 4.98. The zero-order valence-corrected chi connectivity index (χ0v) is 21.0. The van der Waals surface area contributed by atoms with E-state index < -0.39 is 13.9 Å². The summed E-state index contributed by atoms with van der Waals surface area (Å²) >= 11 is 0. The van der Waals surface area contributed by atoms with E-state index in [1.165, 1.54) is 0 Å². The molecule has 170 valence electrons. The summed E-state index contributed by atoms with van der Waals surface area (Å²) in [5, 5.41) is 10.9. The largest absolute Gasteiger partial charge is 0.496 e. The molecule has 0 amide bonds. The average molecular weight is 435 g/mol. The van der Waals surface area contributed by atoms with Crippen LogP contribution in [0.15, 0.2) is 24.3 Å². The summed E-state index contributed by atoms with van der Waals surface area (Å²) in [4.78, 5) is 0. The first kappa shape index (κ1) is 23.8. The fourth-order valence-corrected chi connectivity index (χ4v) is 5.98. The maximum atomic E-state index is 10.7. The van der Waals surface area contributed by atoms with Gasteiger partial charge in [-0.1, -0.05) is 45.9 Å². The van der Waals surface area contributed by atoms with Gasteiger partial charge in [0, 0.05) is 5.56 Å². The molecule has 0 spiro atoms. The Morgan fingerprint density at radius 1 is 1.13 bits per heavy atom. The van der Waals surface area contributed by atoms with Gasteiger partial charge in [0.05, 0.1) is 25.4 Å². The molecule has 0 aromatic heterocycles. The predicted octanol–water partition coefficient (Wildman–Crippen LogP) is 6.10. The molecule has 0 heterocycles. The molecule has 1 aromatic rings. The molecule has 4 nitrogen and oxygen atoms in total. The van der Waals surface area contributed by atoms with E-state index in [1.54, 1.807) is 7.11 Å². The normalized spacial score (nSPS) is 30.3. The van der Waals surface area contributed by atoms with Crippen molar-refractivity contribution in [2.24, 2.45) is 11.8 Å². The Morgan fingerprint density at radius 3 is 2.27 bits per heavy atom. The second-order valence-electron chi connectivity index (χ2n) is 11.0. The van der Waals surface area contributed by atoms with Gasteiger partial charge in [0.1, 0.15) is 11.9 Å². The Balaban J connectivity index is 1.73. The van der Waals surface area contributed by atoms with Gasteiger partial charge in [-0.25, -0.2) is 0 Å². The van der Waals surface area contributed by atoms with Crippen molar-refractivity contribution < 1.29 is 19.0 Å². The van der Waals surface area contributed by atoms with E-state index in [9.17, 15) is 5.11 Å². The molecule has 1 aromatic carbocycles. The minimum atomic E-state index is -1.88.